The van der Waals surface area contributed by atoms with Gasteiger partial charge in [0.15, 0.2) is 0 Å². The molecule has 0 atom stereocenters. The molecular formula is C13H17ClN4O. The van der Waals surface area contributed by atoms with Gasteiger partial charge in [-0.05, 0) is 37.5 Å². The molecule has 0 aromatic heterocycles. The van der Waals surface area contributed by atoms with E-state index in [-0.39, 0.29) is 0 Å². The third-order valence-corrected chi connectivity index (χ3v) is 3.41. The molecule has 1 fully saturated rings. The number of nitrogens with one attached hydrogen (secondary N) is 1. The first-order valence-electron chi connectivity index (χ1n) is 6.30. The van der Waals surface area contributed by atoms with Crippen LogP contribution in [0.25, 0.3) is 0 Å². The summed E-state index contributed by atoms with van der Waals surface area (Å²) in [6.07, 6.45) is 5.23. The standard InChI is InChI=1S/C13H17ClN4O/c14-12-8-11(18-6-2-1-3-7-18)5-4-10(12)9-16-17-13(15)19/h4-5,8-9H,1-3,6-7H2,(H3,15,17,19). The molecule has 6 heteroatoms. The maximum atomic E-state index is 10.5. The Labute approximate surface area is 117 Å². The van der Waals surface area contributed by atoms with Gasteiger partial charge in [-0.15, -0.1) is 0 Å². The van der Waals surface area contributed by atoms with E-state index in [1.807, 2.05) is 18.2 Å². The number of benzene rings is 1. The second-order valence-electron chi connectivity index (χ2n) is 4.49. The van der Waals surface area contributed by atoms with E-state index in [1.165, 1.54) is 25.5 Å². The number of amides is 2. The Morgan fingerprint density at radius 2 is 2.11 bits per heavy atom. The molecule has 1 heterocycles. The van der Waals surface area contributed by atoms with Gasteiger partial charge in [-0.3, -0.25) is 0 Å². The van der Waals surface area contributed by atoms with Crippen LogP contribution in [0.1, 0.15) is 24.8 Å². The Morgan fingerprint density at radius 1 is 1.37 bits per heavy atom. The highest BCUT2D eigenvalue weighted by atomic mass is 35.5. The first-order valence-corrected chi connectivity index (χ1v) is 6.67. The van der Waals surface area contributed by atoms with Crippen molar-refractivity contribution in [3.8, 4) is 0 Å². The molecule has 1 aromatic carbocycles. The van der Waals surface area contributed by atoms with Crippen molar-refractivity contribution >= 4 is 29.5 Å². The number of nitrogens with zero attached hydrogens (tertiary/aromatic N) is 2. The summed E-state index contributed by atoms with van der Waals surface area (Å²) in [7, 11) is 0. The van der Waals surface area contributed by atoms with Crippen LogP contribution in [0.2, 0.25) is 5.02 Å². The predicted octanol–water partition coefficient (Wildman–Crippen LogP) is 2.33. The molecule has 1 aromatic rings. The number of rotatable bonds is 3. The number of nitrogens with two attached hydrogens (primary N) is 1. The maximum Gasteiger partial charge on any atom is 0.332 e. The van der Waals surface area contributed by atoms with Gasteiger partial charge in [0.1, 0.15) is 0 Å². The van der Waals surface area contributed by atoms with E-state index in [0.29, 0.717) is 5.02 Å². The van der Waals surface area contributed by atoms with E-state index in [9.17, 15) is 4.79 Å². The summed E-state index contributed by atoms with van der Waals surface area (Å²) in [5.74, 6) is 0. The van der Waals surface area contributed by atoms with E-state index in [0.717, 1.165) is 24.3 Å². The smallest absolute Gasteiger partial charge is 0.332 e. The lowest BCUT2D eigenvalue weighted by molar-refractivity contribution is 0.249. The van der Waals surface area contributed by atoms with Crippen LogP contribution in [-0.4, -0.2) is 25.3 Å². The number of carbonyl (C=O) groups is 1. The van der Waals surface area contributed by atoms with Gasteiger partial charge >= 0.3 is 6.03 Å². The number of anilines is 1. The quantitative estimate of drug-likeness (QED) is 0.659. The lowest BCUT2D eigenvalue weighted by Gasteiger charge is -2.29. The van der Waals surface area contributed by atoms with Crippen LogP contribution < -0.4 is 16.1 Å². The summed E-state index contributed by atoms with van der Waals surface area (Å²) in [6, 6.07) is 5.14. The molecule has 2 rings (SSSR count). The fourth-order valence-corrected chi connectivity index (χ4v) is 2.36. The van der Waals surface area contributed by atoms with Gasteiger partial charge in [0, 0.05) is 24.3 Å². The molecule has 5 nitrogen and oxygen atoms in total. The number of piperidine rings is 1. The molecule has 0 aliphatic carbocycles. The van der Waals surface area contributed by atoms with Crippen LogP contribution in [0.15, 0.2) is 23.3 Å². The number of hydrazone groups is 1. The Bertz CT molecular complexity index is 484. The van der Waals surface area contributed by atoms with Crippen LogP contribution in [0, 0.1) is 0 Å². The number of urea groups is 1. The van der Waals surface area contributed by atoms with Crippen molar-refractivity contribution in [3.05, 3.63) is 28.8 Å². The van der Waals surface area contributed by atoms with E-state index in [2.05, 4.69) is 15.4 Å². The van der Waals surface area contributed by atoms with Gasteiger partial charge in [-0.2, -0.15) is 5.10 Å². The van der Waals surface area contributed by atoms with E-state index in [4.69, 9.17) is 17.3 Å². The van der Waals surface area contributed by atoms with E-state index < -0.39 is 6.03 Å². The fraction of sp³-hybridized carbons (Fsp3) is 0.385. The topological polar surface area (TPSA) is 70.7 Å². The molecule has 3 N–H and O–H groups in total. The summed E-state index contributed by atoms with van der Waals surface area (Å²) in [6.45, 7) is 2.15. The van der Waals surface area contributed by atoms with Gasteiger partial charge in [0.25, 0.3) is 0 Å². The molecule has 0 spiro atoms. The minimum absolute atomic E-state index is 0.609. The highest BCUT2D eigenvalue weighted by Crippen LogP contribution is 2.25. The molecular weight excluding hydrogens is 264 g/mol. The predicted molar refractivity (Wildman–Crippen MR) is 77.8 cm³/mol. The third kappa shape index (κ3) is 3.86. The van der Waals surface area contributed by atoms with Crippen molar-refractivity contribution in [3.63, 3.8) is 0 Å². The first-order chi connectivity index (χ1) is 9.16. The number of hydrogen-bond acceptors (Lipinski definition) is 3. The molecule has 2 amide bonds. The molecule has 1 saturated heterocycles. The van der Waals surface area contributed by atoms with E-state index >= 15 is 0 Å². The fourth-order valence-electron chi connectivity index (χ4n) is 2.13. The molecule has 0 saturated carbocycles. The molecule has 0 bridgehead atoms. The zero-order chi connectivity index (χ0) is 13.7. The van der Waals surface area contributed by atoms with Crippen molar-refractivity contribution in [2.75, 3.05) is 18.0 Å². The monoisotopic (exact) mass is 280 g/mol. The molecule has 19 heavy (non-hydrogen) atoms. The number of halogens is 1. The summed E-state index contributed by atoms with van der Waals surface area (Å²) in [4.78, 5) is 12.8. The van der Waals surface area contributed by atoms with Crippen molar-refractivity contribution in [1.82, 2.24) is 5.43 Å². The average molecular weight is 281 g/mol. The van der Waals surface area contributed by atoms with Crippen LogP contribution in [-0.2, 0) is 0 Å². The summed E-state index contributed by atoms with van der Waals surface area (Å²) in [5.41, 5.74) is 8.93. The minimum atomic E-state index is -0.697. The second kappa shape index (κ2) is 6.43. The van der Waals surface area contributed by atoms with Crippen LogP contribution in [0.3, 0.4) is 0 Å². The van der Waals surface area contributed by atoms with Crippen LogP contribution >= 0.6 is 11.6 Å². The highest BCUT2D eigenvalue weighted by Gasteiger charge is 2.11. The Morgan fingerprint density at radius 3 is 2.74 bits per heavy atom. The highest BCUT2D eigenvalue weighted by molar-refractivity contribution is 6.33. The normalized spacial score (nSPS) is 15.7. The lowest BCUT2D eigenvalue weighted by atomic mass is 10.1. The third-order valence-electron chi connectivity index (χ3n) is 3.08. The van der Waals surface area contributed by atoms with Gasteiger partial charge in [0.05, 0.1) is 11.2 Å². The van der Waals surface area contributed by atoms with Gasteiger partial charge in [0.2, 0.25) is 0 Å². The maximum absolute atomic E-state index is 10.5. The Kier molecular flexibility index (Phi) is 4.63. The molecule has 0 unspecified atom stereocenters. The van der Waals surface area contributed by atoms with Crippen molar-refractivity contribution in [1.29, 1.82) is 0 Å². The van der Waals surface area contributed by atoms with Crippen molar-refractivity contribution in [2.45, 2.75) is 19.3 Å². The summed E-state index contributed by atoms with van der Waals surface area (Å²) < 4.78 is 0. The molecule has 0 radical (unpaired) electrons. The zero-order valence-electron chi connectivity index (χ0n) is 10.6. The zero-order valence-corrected chi connectivity index (χ0v) is 11.4. The van der Waals surface area contributed by atoms with Crippen LogP contribution in [0.4, 0.5) is 10.5 Å². The molecule has 1 aliphatic heterocycles. The van der Waals surface area contributed by atoms with Gasteiger partial charge < -0.3 is 10.6 Å². The first kappa shape index (κ1) is 13.7. The van der Waals surface area contributed by atoms with E-state index in [1.54, 1.807) is 0 Å². The van der Waals surface area contributed by atoms with Gasteiger partial charge in [-0.25, -0.2) is 10.2 Å². The van der Waals surface area contributed by atoms with Gasteiger partial charge in [-0.1, -0.05) is 11.6 Å². The molecule has 1 aliphatic rings. The number of carbonyl (C=O) groups excluding carboxylic acids is 1. The Hall–Kier alpha value is -1.75. The molecule has 102 valence electrons. The average Bonchev–Trinajstić information content (AvgIpc) is 2.41. The summed E-state index contributed by atoms with van der Waals surface area (Å²) >= 11 is 6.20. The van der Waals surface area contributed by atoms with Crippen LogP contribution in [0.5, 0.6) is 0 Å². The van der Waals surface area contributed by atoms with Crippen molar-refractivity contribution < 1.29 is 4.79 Å². The lowest BCUT2D eigenvalue weighted by Crippen LogP contribution is -2.29. The number of hydrogen-bond donors (Lipinski definition) is 2. The largest absolute Gasteiger partial charge is 0.371 e. The van der Waals surface area contributed by atoms with Crippen molar-refractivity contribution in [2.24, 2.45) is 10.8 Å². The minimum Gasteiger partial charge on any atom is -0.371 e. The number of primary amides is 1. The summed E-state index contributed by atoms with van der Waals surface area (Å²) in [5, 5.41) is 4.31. The Balaban J connectivity index is 2.07. The second-order valence-corrected chi connectivity index (χ2v) is 4.89. The SMILES string of the molecule is NC(=O)NN=Cc1ccc(N2CCCCC2)cc1Cl.